The summed E-state index contributed by atoms with van der Waals surface area (Å²) in [5.41, 5.74) is -0.766. The number of aliphatic carboxylic acids is 1. The van der Waals surface area contributed by atoms with Crippen molar-refractivity contribution in [1.29, 1.82) is 0 Å². The van der Waals surface area contributed by atoms with Gasteiger partial charge in [0, 0.05) is 12.1 Å². The van der Waals surface area contributed by atoms with Crippen LogP contribution in [0.1, 0.15) is 24.0 Å². The molecule has 0 radical (unpaired) electrons. The highest BCUT2D eigenvalue weighted by molar-refractivity contribution is 7.80. The maximum Gasteiger partial charge on any atom is 0.419 e. The minimum absolute atomic E-state index is 0.109. The van der Waals surface area contributed by atoms with Gasteiger partial charge in [0.2, 0.25) is 0 Å². The number of ether oxygens (including phenoxy) is 1. The van der Waals surface area contributed by atoms with Crippen molar-refractivity contribution < 1.29 is 33.0 Å². The molecule has 0 aliphatic carbocycles. The fraction of sp³-hybridized carbons (Fsp3) is 0.429. The number of likely N-dealkylation sites (tertiary alicyclic amines) is 1. The average Bonchev–Trinajstić information content (AvgIpc) is 3.04. The summed E-state index contributed by atoms with van der Waals surface area (Å²) >= 11 is 5.19. The Balaban J connectivity index is 0.00000139. The van der Waals surface area contributed by atoms with Crippen molar-refractivity contribution in [1.82, 2.24) is 4.90 Å². The first-order valence-corrected chi connectivity index (χ1v) is 7.21. The van der Waals surface area contributed by atoms with E-state index in [0.717, 1.165) is 13.2 Å². The fourth-order valence-corrected chi connectivity index (χ4v) is 2.84. The molecule has 134 valence electrons. The van der Waals surface area contributed by atoms with Crippen molar-refractivity contribution in [2.75, 3.05) is 13.7 Å². The second-order valence-corrected chi connectivity index (χ2v) is 5.29. The van der Waals surface area contributed by atoms with Gasteiger partial charge in [-0.1, -0.05) is 12.2 Å². The van der Waals surface area contributed by atoms with Gasteiger partial charge < -0.3 is 20.0 Å². The lowest BCUT2D eigenvalue weighted by atomic mass is 10.1. The third-order valence-corrected chi connectivity index (χ3v) is 4.02. The minimum atomic E-state index is -4.58. The van der Waals surface area contributed by atoms with E-state index in [1.165, 1.54) is 17.0 Å². The maximum absolute atomic E-state index is 13.0. The second kappa shape index (κ2) is 8.27. The van der Waals surface area contributed by atoms with Crippen LogP contribution in [0.15, 0.2) is 18.2 Å². The molecule has 2 rings (SSSR count). The van der Waals surface area contributed by atoms with Gasteiger partial charge >= 0.3 is 12.1 Å². The molecule has 0 bridgehead atoms. The number of hydrogen-bond acceptors (Lipinski definition) is 5. The third kappa shape index (κ3) is 4.34. The molecule has 1 aliphatic heterocycles. The van der Waals surface area contributed by atoms with Crippen LogP contribution in [0.4, 0.5) is 13.2 Å². The highest BCUT2D eigenvalue weighted by atomic mass is 32.1. The molecule has 1 unspecified atom stereocenters. The van der Waals surface area contributed by atoms with Gasteiger partial charge in [-0.25, -0.2) is 10.7 Å². The van der Waals surface area contributed by atoms with E-state index in [2.05, 4.69) is 5.90 Å². The van der Waals surface area contributed by atoms with Crippen LogP contribution in [0, 0.1) is 0 Å². The molecule has 1 aliphatic rings. The molecule has 10 heteroatoms. The Morgan fingerprint density at radius 1 is 1.42 bits per heavy atom. The molecular weight excluding hydrogens is 349 g/mol. The van der Waals surface area contributed by atoms with Crippen LogP contribution >= 0.6 is 12.2 Å². The van der Waals surface area contributed by atoms with Crippen LogP contribution in [0.3, 0.4) is 0 Å². The van der Waals surface area contributed by atoms with Gasteiger partial charge in [-0.3, -0.25) is 0 Å². The highest BCUT2D eigenvalue weighted by Crippen LogP contribution is 2.37. The number of hydrogen-bond donors (Lipinski definition) is 3. The second-order valence-electron chi connectivity index (χ2n) is 4.91. The van der Waals surface area contributed by atoms with E-state index in [9.17, 15) is 18.0 Å². The number of methoxy groups -OCH3 is 1. The SMILES string of the molecule is COc1ccc(C(=S)N2CCCC2C(=O)O)cc1C(F)(F)F.NO. The predicted octanol–water partition coefficient (Wildman–Crippen LogP) is 2.27. The summed E-state index contributed by atoms with van der Waals surface area (Å²) in [6.45, 7) is 0.420. The van der Waals surface area contributed by atoms with E-state index in [-0.39, 0.29) is 16.3 Å². The van der Waals surface area contributed by atoms with Crippen LogP contribution in [0.2, 0.25) is 0 Å². The molecule has 24 heavy (non-hydrogen) atoms. The molecule has 1 aromatic carbocycles. The fourth-order valence-electron chi connectivity index (χ4n) is 2.49. The molecule has 1 atom stereocenters. The van der Waals surface area contributed by atoms with E-state index in [4.69, 9.17) is 27.3 Å². The van der Waals surface area contributed by atoms with Crippen molar-refractivity contribution in [3.63, 3.8) is 0 Å². The Labute approximate surface area is 141 Å². The number of halogens is 3. The summed E-state index contributed by atoms with van der Waals surface area (Å²) in [5, 5.41) is 15.6. The molecule has 0 amide bonds. The quantitative estimate of drug-likeness (QED) is 0.558. The molecular formula is C14H17F3N2O4S. The maximum atomic E-state index is 13.0. The molecule has 6 nitrogen and oxygen atoms in total. The van der Waals surface area contributed by atoms with Crippen molar-refractivity contribution in [3.8, 4) is 5.75 Å². The van der Waals surface area contributed by atoms with E-state index >= 15 is 0 Å². The van der Waals surface area contributed by atoms with Crippen LogP contribution in [-0.2, 0) is 11.0 Å². The summed E-state index contributed by atoms with van der Waals surface area (Å²) in [6, 6.07) is 2.71. The zero-order chi connectivity index (χ0) is 18.5. The number of carboxylic acids is 1. The first-order valence-electron chi connectivity index (χ1n) is 6.80. The van der Waals surface area contributed by atoms with E-state index in [0.29, 0.717) is 19.4 Å². The normalized spacial score (nSPS) is 17.1. The zero-order valence-electron chi connectivity index (χ0n) is 12.7. The lowest BCUT2D eigenvalue weighted by Gasteiger charge is -2.25. The topological polar surface area (TPSA) is 96.0 Å². The Morgan fingerprint density at radius 2 is 2.04 bits per heavy atom. The Bertz CT molecular complexity index is 610. The van der Waals surface area contributed by atoms with Gasteiger partial charge in [0.05, 0.1) is 12.7 Å². The van der Waals surface area contributed by atoms with Crippen LogP contribution in [0.5, 0.6) is 5.75 Å². The van der Waals surface area contributed by atoms with E-state index < -0.39 is 23.8 Å². The van der Waals surface area contributed by atoms with Crippen LogP contribution in [0.25, 0.3) is 0 Å². The molecule has 0 aromatic heterocycles. The number of carboxylic acid groups (broad SMARTS) is 1. The van der Waals surface area contributed by atoms with Gasteiger partial charge in [0.25, 0.3) is 0 Å². The van der Waals surface area contributed by atoms with Gasteiger partial charge in [-0.2, -0.15) is 13.2 Å². The number of nitrogens with zero attached hydrogens (tertiary/aromatic N) is 1. The molecule has 1 fully saturated rings. The largest absolute Gasteiger partial charge is 0.496 e. The monoisotopic (exact) mass is 366 g/mol. The van der Waals surface area contributed by atoms with E-state index in [1.807, 2.05) is 0 Å². The molecule has 1 heterocycles. The number of alkyl halides is 3. The Kier molecular flexibility index (Phi) is 6.93. The van der Waals surface area contributed by atoms with Gasteiger partial charge in [0.15, 0.2) is 0 Å². The lowest BCUT2D eigenvalue weighted by Crippen LogP contribution is -2.39. The number of thiocarbonyl (C=S) groups is 1. The van der Waals surface area contributed by atoms with Crippen molar-refractivity contribution in [2.24, 2.45) is 5.90 Å². The standard InChI is InChI=1S/C14H14F3NO3S.H3NO/c1-21-11-5-4-8(7-9(11)14(15,16)17)12(22)18-6-2-3-10(18)13(19)20;1-2/h4-5,7,10H,2-3,6H2,1H3,(H,19,20);2H,1H2. The Hall–Kier alpha value is -1.91. The number of nitrogens with two attached hydrogens (primary N) is 1. The molecule has 1 aromatic rings. The van der Waals surface area contributed by atoms with Crippen LogP contribution in [-0.4, -0.2) is 45.9 Å². The van der Waals surface area contributed by atoms with Gasteiger partial charge in [0.1, 0.15) is 16.8 Å². The van der Waals surface area contributed by atoms with Crippen molar-refractivity contribution >= 4 is 23.2 Å². The first kappa shape index (κ1) is 20.1. The summed E-state index contributed by atoms with van der Waals surface area (Å²) in [4.78, 5) is 12.7. The average molecular weight is 366 g/mol. The van der Waals surface area contributed by atoms with Crippen molar-refractivity contribution in [3.05, 3.63) is 29.3 Å². The number of benzene rings is 1. The highest BCUT2D eigenvalue weighted by Gasteiger charge is 2.36. The van der Waals surface area contributed by atoms with Crippen molar-refractivity contribution in [2.45, 2.75) is 25.1 Å². The smallest absolute Gasteiger partial charge is 0.419 e. The first-order chi connectivity index (χ1) is 11.3. The minimum Gasteiger partial charge on any atom is -0.496 e. The Morgan fingerprint density at radius 3 is 2.54 bits per heavy atom. The number of carbonyl (C=O) groups is 1. The van der Waals surface area contributed by atoms with E-state index in [1.54, 1.807) is 0 Å². The summed E-state index contributed by atoms with van der Waals surface area (Å²) in [7, 11) is 1.16. The summed E-state index contributed by atoms with van der Waals surface area (Å²) in [5.74, 6) is 2.18. The van der Waals surface area contributed by atoms with Gasteiger partial charge in [-0.05, 0) is 31.0 Å². The third-order valence-electron chi connectivity index (χ3n) is 3.55. The number of rotatable bonds is 3. The predicted molar refractivity (Wildman–Crippen MR) is 83.0 cm³/mol. The van der Waals surface area contributed by atoms with Crippen LogP contribution < -0.4 is 10.6 Å². The lowest BCUT2D eigenvalue weighted by molar-refractivity contribution is -0.141. The molecule has 4 N–H and O–H groups in total. The zero-order valence-corrected chi connectivity index (χ0v) is 13.5. The molecule has 0 spiro atoms. The molecule has 1 saturated heterocycles. The summed E-state index contributed by atoms with van der Waals surface area (Å²) in [6.07, 6.45) is -3.51. The molecule has 0 saturated carbocycles. The summed E-state index contributed by atoms with van der Waals surface area (Å²) < 4.78 is 43.8. The van der Waals surface area contributed by atoms with Gasteiger partial charge in [-0.15, -0.1) is 0 Å².